The van der Waals surface area contributed by atoms with E-state index in [0.29, 0.717) is 11.5 Å². The van der Waals surface area contributed by atoms with Crippen LogP contribution in [0.1, 0.15) is 54.0 Å². The fourth-order valence-corrected chi connectivity index (χ4v) is 4.48. The van der Waals surface area contributed by atoms with E-state index >= 15 is 0 Å². The molecule has 0 N–H and O–H groups in total. The monoisotopic (exact) mass is 492 g/mol. The lowest BCUT2D eigenvalue weighted by Gasteiger charge is -2.42. The van der Waals surface area contributed by atoms with Gasteiger partial charge in [0.05, 0.1) is 13.2 Å². The third-order valence-corrected chi connectivity index (χ3v) is 11.4. The fourth-order valence-electron chi connectivity index (χ4n) is 3.45. The SMILES string of the molecule is COc1cc(/C=C/C(=O)OC2OC(C)C(C)C(C)C2OC(C)=O)ccc1O[Si](C)(C)C(C)(C)C. The van der Waals surface area contributed by atoms with Gasteiger partial charge in [-0.05, 0) is 54.7 Å². The summed E-state index contributed by atoms with van der Waals surface area (Å²) in [6.45, 7) is 18.1. The molecule has 0 aliphatic carbocycles. The van der Waals surface area contributed by atoms with Gasteiger partial charge in [-0.1, -0.05) is 40.7 Å². The Morgan fingerprint density at radius 3 is 2.24 bits per heavy atom. The maximum absolute atomic E-state index is 12.6. The predicted molar refractivity (Wildman–Crippen MR) is 134 cm³/mol. The minimum atomic E-state index is -2.03. The van der Waals surface area contributed by atoms with Gasteiger partial charge in [0.1, 0.15) is 5.75 Å². The quantitative estimate of drug-likeness (QED) is 0.279. The van der Waals surface area contributed by atoms with Crippen LogP contribution < -0.4 is 9.16 Å². The van der Waals surface area contributed by atoms with Crippen molar-refractivity contribution >= 4 is 26.3 Å². The van der Waals surface area contributed by atoms with Gasteiger partial charge < -0.3 is 23.4 Å². The number of carbonyl (C=O) groups excluding carboxylic acids is 2. The van der Waals surface area contributed by atoms with E-state index < -0.39 is 32.6 Å². The zero-order chi connectivity index (χ0) is 25.8. The Morgan fingerprint density at radius 1 is 1.03 bits per heavy atom. The highest BCUT2D eigenvalue weighted by Gasteiger charge is 2.44. The van der Waals surface area contributed by atoms with E-state index in [1.807, 2.05) is 39.0 Å². The average molecular weight is 493 g/mol. The molecule has 0 amide bonds. The molecule has 190 valence electrons. The van der Waals surface area contributed by atoms with Crippen molar-refractivity contribution in [2.45, 2.75) is 85.1 Å². The van der Waals surface area contributed by atoms with Gasteiger partial charge in [0, 0.05) is 18.9 Å². The molecule has 1 fully saturated rings. The lowest BCUT2D eigenvalue weighted by molar-refractivity contribution is -0.261. The number of ether oxygens (including phenoxy) is 4. The number of methoxy groups -OCH3 is 1. The normalized spacial score (nSPS) is 25.6. The van der Waals surface area contributed by atoms with Crippen molar-refractivity contribution in [1.82, 2.24) is 0 Å². The molecule has 1 aliphatic heterocycles. The highest BCUT2D eigenvalue weighted by atomic mass is 28.4. The molecule has 1 aromatic carbocycles. The molecular weight excluding hydrogens is 452 g/mol. The van der Waals surface area contributed by atoms with Crippen LogP contribution in [-0.4, -0.2) is 45.9 Å². The summed E-state index contributed by atoms with van der Waals surface area (Å²) in [6, 6.07) is 5.53. The van der Waals surface area contributed by atoms with E-state index in [2.05, 4.69) is 33.9 Å². The third kappa shape index (κ3) is 6.85. The molecule has 0 aromatic heterocycles. The van der Waals surface area contributed by atoms with E-state index in [-0.39, 0.29) is 23.0 Å². The van der Waals surface area contributed by atoms with E-state index in [1.54, 1.807) is 13.2 Å². The first-order chi connectivity index (χ1) is 15.7. The first-order valence-corrected chi connectivity index (χ1v) is 14.7. The van der Waals surface area contributed by atoms with Gasteiger partial charge in [-0.2, -0.15) is 0 Å². The Bertz CT molecular complexity index is 903. The molecule has 5 unspecified atom stereocenters. The number of esters is 2. The molecule has 1 heterocycles. The first-order valence-electron chi connectivity index (χ1n) is 11.7. The smallest absolute Gasteiger partial charge is 0.333 e. The van der Waals surface area contributed by atoms with Crippen LogP contribution in [0.2, 0.25) is 18.1 Å². The van der Waals surface area contributed by atoms with Crippen LogP contribution in [0.5, 0.6) is 11.5 Å². The van der Waals surface area contributed by atoms with Gasteiger partial charge in [-0.15, -0.1) is 0 Å². The van der Waals surface area contributed by atoms with Crippen LogP contribution in [0.3, 0.4) is 0 Å². The van der Waals surface area contributed by atoms with E-state index in [0.717, 1.165) is 5.56 Å². The van der Waals surface area contributed by atoms with E-state index in [9.17, 15) is 9.59 Å². The number of hydrogen-bond acceptors (Lipinski definition) is 7. The number of carbonyl (C=O) groups is 2. The van der Waals surface area contributed by atoms with Crippen molar-refractivity contribution in [2.24, 2.45) is 11.8 Å². The second-order valence-electron chi connectivity index (χ2n) is 10.5. The number of hydrogen-bond donors (Lipinski definition) is 0. The summed E-state index contributed by atoms with van der Waals surface area (Å²) in [7, 11) is -0.437. The molecule has 8 heteroatoms. The van der Waals surface area contributed by atoms with Gasteiger partial charge in [-0.3, -0.25) is 4.79 Å². The molecule has 1 aliphatic rings. The first kappa shape index (κ1) is 27.9. The molecule has 7 nitrogen and oxygen atoms in total. The molecule has 0 spiro atoms. The minimum absolute atomic E-state index is 0.0212. The van der Waals surface area contributed by atoms with E-state index in [4.69, 9.17) is 23.4 Å². The molecule has 34 heavy (non-hydrogen) atoms. The minimum Gasteiger partial charge on any atom is -0.541 e. The van der Waals surface area contributed by atoms with Crippen LogP contribution in [0, 0.1) is 11.8 Å². The van der Waals surface area contributed by atoms with Crippen molar-refractivity contribution in [3.8, 4) is 11.5 Å². The Morgan fingerprint density at radius 2 is 1.68 bits per heavy atom. The van der Waals surface area contributed by atoms with Crippen molar-refractivity contribution in [2.75, 3.05) is 7.11 Å². The summed E-state index contributed by atoms with van der Waals surface area (Å²) >= 11 is 0. The van der Waals surface area contributed by atoms with Crippen LogP contribution in [0.25, 0.3) is 6.08 Å². The van der Waals surface area contributed by atoms with Crippen LogP contribution in [0.4, 0.5) is 0 Å². The summed E-state index contributed by atoms with van der Waals surface area (Å²) in [5, 5.41) is 0.0539. The van der Waals surface area contributed by atoms with Crippen molar-refractivity contribution in [3.05, 3.63) is 29.8 Å². The van der Waals surface area contributed by atoms with Crippen molar-refractivity contribution in [3.63, 3.8) is 0 Å². The number of rotatable bonds is 7. The summed E-state index contributed by atoms with van der Waals surface area (Å²) in [4.78, 5) is 24.1. The van der Waals surface area contributed by atoms with Gasteiger partial charge >= 0.3 is 11.9 Å². The zero-order valence-electron chi connectivity index (χ0n) is 22.1. The summed E-state index contributed by atoms with van der Waals surface area (Å²) in [6.07, 6.45) is 1.21. The molecular formula is C26H40O7Si. The van der Waals surface area contributed by atoms with Crippen LogP contribution in [-0.2, 0) is 23.8 Å². The second kappa shape index (κ2) is 10.9. The van der Waals surface area contributed by atoms with Gasteiger partial charge in [-0.25, -0.2) is 4.79 Å². The fraction of sp³-hybridized carbons (Fsp3) is 0.615. The highest BCUT2D eigenvalue weighted by Crippen LogP contribution is 2.40. The standard InChI is InChI=1S/C26H40O7Si/c1-16-17(2)24(31-19(4)27)25(30-18(16)3)32-23(28)14-12-20-11-13-21(22(15-20)29-8)33-34(9,10)26(5,6)7/h11-18,24-25H,1-10H3/b14-12+. The third-order valence-electron chi connectivity index (χ3n) is 7.01. The van der Waals surface area contributed by atoms with Crippen molar-refractivity contribution < 1.29 is 33.0 Å². The molecule has 0 saturated carbocycles. The largest absolute Gasteiger partial charge is 0.541 e. The maximum atomic E-state index is 12.6. The Labute approximate surface area is 204 Å². The Kier molecular flexibility index (Phi) is 8.99. The molecule has 0 bridgehead atoms. The summed E-state index contributed by atoms with van der Waals surface area (Å²) < 4.78 is 28.7. The van der Waals surface area contributed by atoms with Gasteiger partial charge in [0.2, 0.25) is 6.29 Å². The molecule has 1 aromatic rings. The second-order valence-corrected chi connectivity index (χ2v) is 15.3. The summed E-state index contributed by atoms with van der Waals surface area (Å²) in [5.41, 5.74) is 0.757. The van der Waals surface area contributed by atoms with Gasteiger partial charge in [0.15, 0.2) is 11.9 Å². The topological polar surface area (TPSA) is 80.3 Å². The average Bonchev–Trinajstić information content (AvgIpc) is 2.73. The predicted octanol–water partition coefficient (Wildman–Crippen LogP) is 5.58. The maximum Gasteiger partial charge on any atom is 0.333 e. The number of benzene rings is 1. The van der Waals surface area contributed by atoms with Crippen LogP contribution in [0.15, 0.2) is 24.3 Å². The zero-order valence-corrected chi connectivity index (χ0v) is 23.1. The van der Waals surface area contributed by atoms with E-state index in [1.165, 1.54) is 13.0 Å². The molecule has 2 rings (SSSR count). The van der Waals surface area contributed by atoms with Crippen LogP contribution >= 0.6 is 0 Å². The molecule has 5 atom stereocenters. The Balaban J connectivity index is 2.13. The highest BCUT2D eigenvalue weighted by molar-refractivity contribution is 6.74. The Hall–Kier alpha value is -2.32. The molecule has 1 saturated heterocycles. The van der Waals surface area contributed by atoms with Crippen molar-refractivity contribution in [1.29, 1.82) is 0 Å². The van der Waals surface area contributed by atoms with Gasteiger partial charge in [0.25, 0.3) is 8.32 Å². The summed E-state index contributed by atoms with van der Waals surface area (Å²) in [5.74, 6) is 0.386. The lowest BCUT2D eigenvalue weighted by atomic mass is 9.84. The lowest BCUT2D eigenvalue weighted by Crippen LogP contribution is -2.51. The molecule has 0 radical (unpaired) electrons.